The van der Waals surface area contributed by atoms with Crippen molar-refractivity contribution in [3.8, 4) is 0 Å². The van der Waals surface area contributed by atoms with Crippen LogP contribution in [-0.4, -0.2) is 28.9 Å². The highest BCUT2D eigenvalue weighted by Crippen LogP contribution is 2.16. The Morgan fingerprint density at radius 3 is 2.38 bits per heavy atom. The van der Waals surface area contributed by atoms with E-state index in [0.717, 1.165) is 6.42 Å². The summed E-state index contributed by atoms with van der Waals surface area (Å²) in [7, 11) is 0. The molecule has 0 radical (unpaired) electrons. The third kappa shape index (κ3) is 5.69. The molecule has 0 aliphatic carbocycles. The lowest BCUT2D eigenvalue weighted by Gasteiger charge is -2.31. The molecule has 1 heterocycles. The molecule has 0 aliphatic heterocycles. The van der Waals surface area contributed by atoms with Gasteiger partial charge in [0, 0.05) is 12.7 Å². The van der Waals surface area contributed by atoms with Crippen LogP contribution in [0.3, 0.4) is 0 Å². The zero-order valence-corrected chi connectivity index (χ0v) is 13.4. The Bertz CT molecular complexity index is 490. The van der Waals surface area contributed by atoms with Crippen molar-refractivity contribution in [2.75, 3.05) is 6.54 Å². The van der Waals surface area contributed by atoms with Crippen LogP contribution in [0.1, 0.15) is 48.0 Å². The predicted molar refractivity (Wildman–Crippen MR) is 84.4 cm³/mol. The van der Waals surface area contributed by atoms with E-state index in [1.807, 2.05) is 6.92 Å². The Morgan fingerprint density at radius 2 is 2.00 bits per heavy atom. The highest BCUT2D eigenvalue weighted by molar-refractivity contribution is 5.95. The van der Waals surface area contributed by atoms with Crippen LogP contribution in [-0.2, 0) is 0 Å². The molecule has 0 fully saturated rings. The molecule has 0 bridgehead atoms. The predicted octanol–water partition coefficient (Wildman–Crippen LogP) is 1.10. The number of pyridine rings is 1. The normalized spacial score (nSPS) is 13.2. The first-order valence-electron chi connectivity index (χ1n) is 6.56. The second-order valence-electron chi connectivity index (χ2n) is 5.61. The van der Waals surface area contributed by atoms with E-state index >= 15 is 0 Å². The third-order valence-corrected chi connectivity index (χ3v) is 3.01. The van der Waals surface area contributed by atoms with Crippen LogP contribution in [0.2, 0.25) is 0 Å². The fourth-order valence-corrected chi connectivity index (χ4v) is 2.10. The number of hydrogen-bond acceptors (Lipinski definition) is 4. The summed E-state index contributed by atoms with van der Waals surface area (Å²) in [6, 6.07) is 2.95. The molecule has 1 aromatic rings. The maximum absolute atomic E-state index is 12.1. The summed E-state index contributed by atoms with van der Waals surface area (Å²) in [5.74, 6) is -0.472. The Labute approximate surface area is 131 Å². The molecule has 0 aromatic carbocycles. The van der Waals surface area contributed by atoms with E-state index in [0.29, 0.717) is 12.5 Å². The van der Waals surface area contributed by atoms with Crippen LogP contribution in [0.5, 0.6) is 0 Å². The lowest BCUT2D eigenvalue weighted by molar-refractivity contribution is 0.0891. The van der Waals surface area contributed by atoms with Crippen LogP contribution >= 0.6 is 12.4 Å². The van der Waals surface area contributed by atoms with E-state index in [4.69, 9.17) is 11.5 Å². The number of nitrogens with two attached hydrogens (primary N) is 2. The largest absolute Gasteiger partial charge is 0.366 e. The number of halogens is 1. The number of nitrogens with zero attached hydrogens (tertiary/aromatic N) is 1. The Morgan fingerprint density at radius 1 is 1.38 bits per heavy atom. The molecule has 0 spiro atoms. The van der Waals surface area contributed by atoms with Crippen LogP contribution in [0, 0.1) is 5.92 Å². The Hall–Kier alpha value is -1.66. The molecule has 118 valence electrons. The van der Waals surface area contributed by atoms with Crippen molar-refractivity contribution >= 4 is 24.2 Å². The van der Waals surface area contributed by atoms with Gasteiger partial charge in [-0.1, -0.05) is 13.8 Å². The second kappa shape index (κ2) is 7.95. The first-order valence-corrected chi connectivity index (χ1v) is 6.56. The maximum atomic E-state index is 12.1. The molecule has 1 atom stereocenters. The van der Waals surface area contributed by atoms with E-state index in [-0.39, 0.29) is 29.6 Å². The summed E-state index contributed by atoms with van der Waals surface area (Å²) >= 11 is 0. The summed E-state index contributed by atoms with van der Waals surface area (Å²) in [4.78, 5) is 27.0. The van der Waals surface area contributed by atoms with Gasteiger partial charge in [-0.15, -0.1) is 12.4 Å². The van der Waals surface area contributed by atoms with Crippen molar-refractivity contribution < 1.29 is 9.59 Å². The summed E-state index contributed by atoms with van der Waals surface area (Å²) in [6.07, 6.45) is 2.06. The van der Waals surface area contributed by atoms with Gasteiger partial charge in [-0.3, -0.25) is 14.6 Å². The van der Waals surface area contributed by atoms with E-state index in [9.17, 15) is 9.59 Å². The SMILES string of the molecule is CC(C)CC(C)(CN)NC(=O)c1ccc(C(N)=O)cn1.Cl. The van der Waals surface area contributed by atoms with Crippen molar-refractivity contribution in [3.05, 3.63) is 29.6 Å². The standard InChI is InChI=1S/C14H22N4O2.ClH/c1-9(2)6-14(3,8-15)18-13(20)11-5-4-10(7-17-11)12(16)19;/h4-5,7,9H,6,8,15H2,1-3H3,(H2,16,19)(H,18,20);1H. The molecule has 1 aromatic heterocycles. The Kier molecular flexibility index (Phi) is 7.32. The van der Waals surface area contributed by atoms with Crippen molar-refractivity contribution in [2.45, 2.75) is 32.7 Å². The van der Waals surface area contributed by atoms with Gasteiger partial charge in [0.15, 0.2) is 0 Å². The number of aromatic nitrogens is 1. The van der Waals surface area contributed by atoms with Crippen molar-refractivity contribution in [3.63, 3.8) is 0 Å². The minimum atomic E-state index is -0.573. The molecule has 0 saturated heterocycles. The van der Waals surface area contributed by atoms with Gasteiger partial charge in [-0.2, -0.15) is 0 Å². The third-order valence-electron chi connectivity index (χ3n) is 3.01. The molecule has 5 N–H and O–H groups in total. The fraction of sp³-hybridized carbons (Fsp3) is 0.500. The average molecular weight is 315 g/mol. The number of carbonyl (C=O) groups excluding carboxylic acids is 2. The summed E-state index contributed by atoms with van der Waals surface area (Å²) in [6.45, 7) is 6.39. The highest BCUT2D eigenvalue weighted by Gasteiger charge is 2.26. The molecule has 2 amide bonds. The van der Waals surface area contributed by atoms with Crippen molar-refractivity contribution in [2.24, 2.45) is 17.4 Å². The minimum Gasteiger partial charge on any atom is -0.366 e. The fourth-order valence-electron chi connectivity index (χ4n) is 2.10. The van der Waals surface area contributed by atoms with E-state index < -0.39 is 11.4 Å². The summed E-state index contributed by atoms with van der Waals surface area (Å²) in [5, 5.41) is 2.90. The molecule has 1 rings (SSSR count). The average Bonchev–Trinajstić information content (AvgIpc) is 2.37. The van der Waals surface area contributed by atoms with Gasteiger partial charge in [0.2, 0.25) is 5.91 Å². The van der Waals surface area contributed by atoms with Gasteiger partial charge >= 0.3 is 0 Å². The van der Waals surface area contributed by atoms with Crippen LogP contribution < -0.4 is 16.8 Å². The highest BCUT2D eigenvalue weighted by atomic mass is 35.5. The lowest BCUT2D eigenvalue weighted by atomic mass is 9.90. The number of amides is 2. The van der Waals surface area contributed by atoms with Crippen LogP contribution in [0.15, 0.2) is 18.3 Å². The summed E-state index contributed by atoms with van der Waals surface area (Å²) in [5.41, 5.74) is 10.9. The van der Waals surface area contributed by atoms with Crippen LogP contribution in [0.4, 0.5) is 0 Å². The van der Waals surface area contributed by atoms with Gasteiger partial charge in [-0.05, 0) is 31.4 Å². The number of nitrogens with one attached hydrogen (secondary N) is 1. The zero-order valence-electron chi connectivity index (χ0n) is 12.6. The molecule has 21 heavy (non-hydrogen) atoms. The number of rotatable bonds is 6. The van der Waals surface area contributed by atoms with Gasteiger partial charge in [0.1, 0.15) is 5.69 Å². The first-order chi connectivity index (χ1) is 9.27. The quantitative estimate of drug-likeness (QED) is 0.730. The summed E-state index contributed by atoms with van der Waals surface area (Å²) < 4.78 is 0. The van der Waals surface area contributed by atoms with E-state index in [2.05, 4.69) is 24.1 Å². The van der Waals surface area contributed by atoms with Gasteiger partial charge in [0.25, 0.3) is 5.91 Å². The van der Waals surface area contributed by atoms with Crippen molar-refractivity contribution in [1.82, 2.24) is 10.3 Å². The van der Waals surface area contributed by atoms with E-state index in [1.165, 1.54) is 18.3 Å². The molecule has 7 heteroatoms. The van der Waals surface area contributed by atoms with Gasteiger partial charge in [0.05, 0.1) is 11.1 Å². The molecule has 1 unspecified atom stereocenters. The first kappa shape index (κ1) is 19.3. The Balaban J connectivity index is 0.00000400. The molecular formula is C14H23ClN4O2. The monoisotopic (exact) mass is 314 g/mol. The number of hydrogen-bond donors (Lipinski definition) is 3. The number of primary amides is 1. The minimum absolute atomic E-state index is 0. The zero-order chi connectivity index (χ0) is 15.3. The molecule has 0 saturated carbocycles. The molecule has 6 nitrogen and oxygen atoms in total. The smallest absolute Gasteiger partial charge is 0.270 e. The maximum Gasteiger partial charge on any atom is 0.270 e. The second-order valence-corrected chi connectivity index (χ2v) is 5.61. The lowest BCUT2D eigenvalue weighted by Crippen LogP contribution is -2.52. The number of carbonyl (C=O) groups is 2. The van der Waals surface area contributed by atoms with Gasteiger partial charge < -0.3 is 16.8 Å². The topological polar surface area (TPSA) is 111 Å². The molecule has 0 aliphatic rings. The van der Waals surface area contributed by atoms with E-state index in [1.54, 1.807) is 0 Å². The molecular weight excluding hydrogens is 292 g/mol. The van der Waals surface area contributed by atoms with Crippen LogP contribution in [0.25, 0.3) is 0 Å². The van der Waals surface area contributed by atoms with Crippen molar-refractivity contribution in [1.29, 1.82) is 0 Å². The van der Waals surface area contributed by atoms with Gasteiger partial charge in [-0.25, -0.2) is 0 Å².